The number of ether oxygens (including phenoxy) is 1. The highest BCUT2D eigenvalue weighted by Crippen LogP contribution is 2.40. The van der Waals surface area contributed by atoms with Crippen molar-refractivity contribution in [3.63, 3.8) is 0 Å². The van der Waals surface area contributed by atoms with Crippen LogP contribution in [0, 0.1) is 0 Å². The summed E-state index contributed by atoms with van der Waals surface area (Å²) in [6.07, 6.45) is 4.82. The molecule has 9 heteroatoms. The number of rotatable bonds is 6. The Kier molecular flexibility index (Phi) is 7.69. The van der Waals surface area contributed by atoms with E-state index in [1.165, 1.54) is 34.8 Å². The summed E-state index contributed by atoms with van der Waals surface area (Å²) in [6.45, 7) is 0. The van der Waals surface area contributed by atoms with E-state index in [0.29, 0.717) is 11.4 Å². The molecule has 1 unspecified atom stereocenters. The molecule has 2 atom stereocenters. The van der Waals surface area contributed by atoms with Gasteiger partial charge in [-0.2, -0.15) is 0 Å². The fourth-order valence-corrected chi connectivity index (χ4v) is 7.12. The summed E-state index contributed by atoms with van der Waals surface area (Å²) in [5.41, 5.74) is 8.12. The van der Waals surface area contributed by atoms with Gasteiger partial charge in [-0.25, -0.2) is 4.79 Å². The van der Waals surface area contributed by atoms with Crippen molar-refractivity contribution < 1.29 is 19.1 Å². The molecule has 188 valence electrons. The molecule has 2 heterocycles. The van der Waals surface area contributed by atoms with Crippen LogP contribution in [0.15, 0.2) is 72.1 Å². The van der Waals surface area contributed by atoms with Crippen molar-refractivity contribution in [3.8, 4) is 0 Å². The van der Waals surface area contributed by atoms with Crippen molar-refractivity contribution in [2.75, 3.05) is 5.75 Å². The van der Waals surface area contributed by atoms with Crippen LogP contribution < -0.4 is 11.1 Å². The third-order valence-corrected chi connectivity index (χ3v) is 9.13. The fourth-order valence-electron chi connectivity index (χ4n) is 4.84. The summed E-state index contributed by atoms with van der Waals surface area (Å²) in [7, 11) is 0. The summed E-state index contributed by atoms with van der Waals surface area (Å²) in [5.74, 6) is -0.636. The molecule has 1 saturated heterocycles. The maximum atomic E-state index is 13.7. The number of carbonyl (C=O) groups is 3. The van der Waals surface area contributed by atoms with Crippen molar-refractivity contribution in [3.05, 3.63) is 83.2 Å². The summed E-state index contributed by atoms with van der Waals surface area (Å²) in [6, 6.07) is 18.3. The number of amides is 2. The maximum absolute atomic E-state index is 13.7. The zero-order chi connectivity index (χ0) is 25.1. The summed E-state index contributed by atoms with van der Waals surface area (Å²) in [4.78, 5) is 40.7. The lowest BCUT2D eigenvalue weighted by Crippen LogP contribution is -2.69. The van der Waals surface area contributed by atoms with Crippen LogP contribution in [0.3, 0.4) is 0 Å². The number of thioether (sulfide) groups is 2. The van der Waals surface area contributed by atoms with Crippen LogP contribution >= 0.6 is 23.5 Å². The SMILES string of the molecule is NC1C(=O)N2C(C(=O)OC(c3ccccc3)c3ccccc3)=C(NC(=O)SC3CCCCC3)CS[C@@H]12. The number of hydrogen-bond acceptors (Lipinski definition) is 7. The first-order valence-corrected chi connectivity index (χ1v) is 14.2. The number of carbonyl (C=O) groups excluding carboxylic acids is 3. The van der Waals surface area contributed by atoms with Gasteiger partial charge in [0.1, 0.15) is 11.4 Å². The monoisotopic (exact) mass is 523 g/mol. The van der Waals surface area contributed by atoms with E-state index in [9.17, 15) is 14.4 Å². The lowest BCUT2D eigenvalue weighted by Gasteiger charge is -2.48. The maximum Gasteiger partial charge on any atom is 0.357 e. The predicted octanol–water partition coefficient (Wildman–Crippen LogP) is 4.55. The van der Waals surface area contributed by atoms with E-state index in [2.05, 4.69) is 5.32 Å². The molecule has 1 aliphatic carbocycles. The average molecular weight is 524 g/mol. The predicted molar refractivity (Wildman–Crippen MR) is 142 cm³/mol. The lowest BCUT2D eigenvalue weighted by atomic mass is 10.0. The van der Waals surface area contributed by atoms with Crippen molar-refractivity contribution in [2.45, 2.75) is 54.9 Å². The second-order valence-electron chi connectivity index (χ2n) is 9.16. The first-order valence-electron chi connectivity index (χ1n) is 12.2. The van der Waals surface area contributed by atoms with Gasteiger partial charge < -0.3 is 15.8 Å². The van der Waals surface area contributed by atoms with Crippen LogP contribution in [0.25, 0.3) is 0 Å². The largest absolute Gasteiger partial charge is 0.448 e. The van der Waals surface area contributed by atoms with E-state index in [0.717, 1.165) is 36.8 Å². The van der Waals surface area contributed by atoms with Gasteiger partial charge in [-0.05, 0) is 24.0 Å². The molecule has 0 aromatic heterocycles. The molecule has 2 aromatic rings. The average Bonchev–Trinajstić information content (AvgIpc) is 2.92. The first kappa shape index (κ1) is 24.9. The smallest absolute Gasteiger partial charge is 0.357 e. The number of benzene rings is 2. The second-order valence-corrected chi connectivity index (χ2v) is 11.5. The molecule has 5 rings (SSSR count). The molecule has 2 aliphatic heterocycles. The molecule has 0 radical (unpaired) electrons. The number of β-lactam (4-membered cyclic amide) rings is 1. The third-order valence-electron chi connectivity index (χ3n) is 6.71. The van der Waals surface area contributed by atoms with Gasteiger partial charge in [0.15, 0.2) is 11.8 Å². The molecule has 36 heavy (non-hydrogen) atoms. The normalized spacial score (nSPS) is 22.2. The van der Waals surface area contributed by atoms with E-state index in [-0.39, 0.29) is 27.5 Å². The minimum absolute atomic E-state index is 0.0832. The Morgan fingerprint density at radius 1 is 1.00 bits per heavy atom. The molecule has 0 spiro atoms. The van der Waals surface area contributed by atoms with Gasteiger partial charge in [0, 0.05) is 11.0 Å². The molecule has 7 nitrogen and oxygen atoms in total. The van der Waals surface area contributed by atoms with Gasteiger partial charge >= 0.3 is 5.97 Å². The number of nitrogens with one attached hydrogen (secondary N) is 1. The van der Waals surface area contributed by atoms with E-state index < -0.39 is 18.1 Å². The Morgan fingerprint density at radius 3 is 2.22 bits per heavy atom. The molecule has 3 N–H and O–H groups in total. The zero-order valence-electron chi connectivity index (χ0n) is 19.8. The van der Waals surface area contributed by atoms with Crippen LogP contribution in [0.4, 0.5) is 4.79 Å². The van der Waals surface area contributed by atoms with Crippen LogP contribution in [0.5, 0.6) is 0 Å². The molecule has 2 amide bonds. The topological polar surface area (TPSA) is 102 Å². The quantitative estimate of drug-likeness (QED) is 0.423. The van der Waals surface area contributed by atoms with Crippen molar-refractivity contribution >= 4 is 40.6 Å². The van der Waals surface area contributed by atoms with E-state index in [1.54, 1.807) is 0 Å². The second kappa shape index (κ2) is 11.1. The Morgan fingerprint density at radius 2 is 1.61 bits per heavy atom. The van der Waals surface area contributed by atoms with Crippen LogP contribution in [0.1, 0.15) is 49.3 Å². The molecule has 0 bridgehead atoms. The Hall–Kier alpha value is -2.75. The number of fused-ring (bicyclic) bond motifs is 1. The Bertz CT molecular complexity index is 1110. The highest BCUT2D eigenvalue weighted by molar-refractivity contribution is 8.14. The minimum atomic E-state index is -0.675. The Balaban J connectivity index is 1.42. The van der Waals surface area contributed by atoms with Crippen LogP contribution in [-0.2, 0) is 14.3 Å². The molecule has 3 aliphatic rings. The summed E-state index contributed by atoms with van der Waals surface area (Å²) in [5, 5.41) is 2.64. The van der Waals surface area contributed by atoms with Gasteiger partial charge in [0.25, 0.3) is 5.24 Å². The molecular formula is C27H29N3O4S2. The zero-order valence-corrected chi connectivity index (χ0v) is 21.4. The number of nitrogens with two attached hydrogens (primary N) is 1. The van der Waals surface area contributed by atoms with E-state index >= 15 is 0 Å². The van der Waals surface area contributed by atoms with Crippen LogP contribution in [0.2, 0.25) is 0 Å². The Labute approximate surface area is 219 Å². The summed E-state index contributed by atoms with van der Waals surface area (Å²) >= 11 is 2.73. The molecule has 2 fully saturated rings. The number of esters is 1. The molecule has 2 aromatic carbocycles. The third kappa shape index (κ3) is 5.19. The van der Waals surface area contributed by atoms with Gasteiger partial charge in [0.2, 0.25) is 5.91 Å². The van der Waals surface area contributed by atoms with Gasteiger partial charge in [-0.1, -0.05) is 91.7 Å². The number of nitrogens with zero attached hydrogens (tertiary/aromatic N) is 1. The fraction of sp³-hybridized carbons (Fsp3) is 0.370. The highest BCUT2D eigenvalue weighted by atomic mass is 32.2. The van der Waals surface area contributed by atoms with E-state index in [4.69, 9.17) is 10.5 Å². The standard InChI is InChI=1S/C27H29N3O4S2/c28-21-24(31)30-22(20(16-35-25(21)30)29-27(33)36-19-14-8-3-9-15-19)26(32)34-23(17-10-4-1-5-11-17)18-12-6-2-7-13-18/h1-2,4-7,10-13,19,21,23,25H,3,8-9,14-16,28H2,(H,29,33)/t21?,25-/m0/s1. The van der Waals surface area contributed by atoms with Gasteiger partial charge in [-0.15, -0.1) is 11.8 Å². The van der Waals surface area contributed by atoms with Crippen LogP contribution in [-0.4, -0.2) is 44.4 Å². The molecular weight excluding hydrogens is 494 g/mol. The highest BCUT2D eigenvalue weighted by Gasteiger charge is 2.52. The molecule has 1 saturated carbocycles. The number of hydrogen-bond donors (Lipinski definition) is 2. The lowest BCUT2D eigenvalue weighted by molar-refractivity contribution is -0.153. The van der Waals surface area contributed by atoms with Gasteiger partial charge in [0.05, 0.1) is 5.70 Å². The van der Waals surface area contributed by atoms with Crippen molar-refractivity contribution in [1.29, 1.82) is 0 Å². The first-order chi connectivity index (χ1) is 17.5. The van der Waals surface area contributed by atoms with Crippen molar-refractivity contribution in [1.82, 2.24) is 10.2 Å². The van der Waals surface area contributed by atoms with Crippen molar-refractivity contribution in [2.24, 2.45) is 5.73 Å². The summed E-state index contributed by atoms with van der Waals surface area (Å²) < 4.78 is 6.06. The van der Waals surface area contributed by atoms with Gasteiger partial charge in [-0.3, -0.25) is 14.5 Å². The van der Waals surface area contributed by atoms with E-state index in [1.807, 2.05) is 60.7 Å². The minimum Gasteiger partial charge on any atom is -0.448 e.